The third kappa shape index (κ3) is 2.95. The van der Waals surface area contributed by atoms with Crippen molar-refractivity contribution in [3.05, 3.63) is 34.6 Å². The van der Waals surface area contributed by atoms with Gasteiger partial charge >= 0.3 is 0 Å². The molecule has 1 fully saturated rings. The SMILES string of the molecule is Cc1nc(NC(=O)c2cnc3ccc(N4CC[C@H](F)C4)nn23)sc1C. The molecule has 1 amide bonds. The molecule has 0 spiro atoms. The summed E-state index contributed by atoms with van der Waals surface area (Å²) < 4.78 is 14.9. The first-order valence-corrected chi connectivity index (χ1v) is 8.82. The number of hydrogen-bond donors (Lipinski definition) is 1. The average Bonchev–Trinajstić information content (AvgIpc) is 3.26. The number of rotatable bonds is 3. The van der Waals surface area contributed by atoms with Gasteiger partial charge in [0.1, 0.15) is 12.0 Å². The fourth-order valence-corrected chi connectivity index (χ4v) is 3.61. The van der Waals surface area contributed by atoms with Crippen molar-refractivity contribution in [2.45, 2.75) is 26.4 Å². The second-order valence-electron chi connectivity index (χ2n) is 6.05. The highest BCUT2D eigenvalue weighted by atomic mass is 32.1. The van der Waals surface area contributed by atoms with E-state index in [9.17, 15) is 9.18 Å². The number of aromatic nitrogens is 4. The van der Waals surface area contributed by atoms with E-state index in [0.717, 1.165) is 10.6 Å². The quantitative estimate of drug-likeness (QED) is 0.777. The van der Waals surface area contributed by atoms with Gasteiger partial charge in [-0.15, -0.1) is 16.4 Å². The highest BCUT2D eigenvalue weighted by Crippen LogP contribution is 2.23. The lowest BCUT2D eigenvalue weighted by Crippen LogP contribution is -2.22. The number of aryl methyl sites for hydroxylation is 2. The Bertz CT molecular complexity index is 932. The molecule has 130 valence electrons. The van der Waals surface area contributed by atoms with E-state index in [4.69, 9.17) is 0 Å². The highest BCUT2D eigenvalue weighted by Gasteiger charge is 2.24. The fourth-order valence-electron chi connectivity index (χ4n) is 2.80. The fraction of sp³-hybridized carbons (Fsp3) is 0.375. The van der Waals surface area contributed by atoms with Gasteiger partial charge in [-0.1, -0.05) is 0 Å². The summed E-state index contributed by atoms with van der Waals surface area (Å²) in [7, 11) is 0. The number of fused-ring (bicyclic) bond motifs is 1. The minimum absolute atomic E-state index is 0.318. The number of anilines is 2. The van der Waals surface area contributed by atoms with Crippen LogP contribution in [0.3, 0.4) is 0 Å². The van der Waals surface area contributed by atoms with Crippen LogP contribution in [-0.2, 0) is 0 Å². The van der Waals surface area contributed by atoms with E-state index in [1.807, 2.05) is 18.7 Å². The molecule has 3 aromatic rings. The Labute approximate surface area is 147 Å². The number of halogens is 1. The van der Waals surface area contributed by atoms with E-state index in [2.05, 4.69) is 20.4 Å². The third-order valence-corrected chi connectivity index (χ3v) is 5.27. The molecule has 0 bridgehead atoms. The monoisotopic (exact) mass is 360 g/mol. The van der Waals surface area contributed by atoms with Crippen LogP contribution in [0, 0.1) is 13.8 Å². The predicted molar refractivity (Wildman–Crippen MR) is 94.3 cm³/mol. The molecule has 25 heavy (non-hydrogen) atoms. The van der Waals surface area contributed by atoms with Gasteiger partial charge < -0.3 is 4.90 Å². The molecule has 1 aliphatic rings. The Morgan fingerprint density at radius 2 is 2.24 bits per heavy atom. The topological polar surface area (TPSA) is 75.4 Å². The molecule has 4 rings (SSSR count). The van der Waals surface area contributed by atoms with E-state index >= 15 is 0 Å². The molecule has 1 N–H and O–H groups in total. The first kappa shape index (κ1) is 15.9. The molecular formula is C16H17FN6OS. The minimum Gasteiger partial charge on any atom is -0.352 e. The van der Waals surface area contributed by atoms with Crippen LogP contribution < -0.4 is 10.2 Å². The van der Waals surface area contributed by atoms with E-state index in [1.54, 1.807) is 12.1 Å². The van der Waals surface area contributed by atoms with E-state index in [1.165, 1.54) is 22.0 Å². The summed E-state index contributed by atoms with van der Waals surface area (Å²) in [5.41, 5.74) is 1.78. The Balaban J connectivity index is 1.63. The number of amides is 1. The summed E-state index contributed by atoms with van der Waals surface area (Å²) in [6.45, 7) is 4.80. The summed E-state index contributed by atoms with van der Waals surface area (Å²) in [5, 5.41) is 7.81. The number of hydrogen-bond acceptors (Lipinski definition) is 6. The van der Waals surface area contributed by atoms with Gasteiger partial charge in [-0.05, 0) is 32.4 Å². The van der Waals surface area contributed by atoms with Gasteiger partial charge in [-0.25, -0.2) is 18.9 Å². The smallest absolute Gasteiger partial charge is 0.277 e. The number of carbonyl (C=O) groups excluding carboxylic acids is 1. The summed E-state index contributed by atoms with van der Waals surface area (Å²) in [4.78, 5) is 24.0. The number of carbonyl (C=O) groups is 1. The van der Waals surface area contributed by atoms with Gasteiger partial charge in [0.25, 0.3) is 5.91 Å². The summed E-state index contributed by atoms with van der Waals surface area (Å²) in [6.07, 6.45) is 1.15. The minimum atomic E-state index is -0.834. The van der Waals surface area contributed by atoms with Gasteiger partial charge in [0.05, 0.1) is 18.4 Å². The van der Waals surface area contributed by atoms with Crippen molar-refractivity contribution in [1.82, 2.24) is 19.6 Å². The van der Waals surface area contributed by atoms with Crippen molar-refractivity contribution >= 4 is 33.8 Å². The molecule has 4 heterocycles. The van der Waals surface area contributed by atoms with E-state index < -0.39 is 6.17 Å². The molecule has 9 heteroatoms. The summed E-state index contributed by atoms with van der Waals surface area (Å²) in [5.74, 6) is 0.316. The van der Waals surface area contributed by atoms with Crippen molar-refractivity contribution in [3.8, 4) is 0 Å². The molecule has 1 saturated heterocycles. The summed E-state index contributed by atoms with van der Waals surface area (Å²) in [6, 6.07) is 3.58. The molecular weight excluding hydrogens is 343 g/mol. The largest absolute Gasteiger partial charge is 0.352 e. The van der Waals surface area contributed by atoms with Crippen LogP contribution in [0.25, 0.3) is 5.65 Å². The first-order valence-electron chi connectivity index (χ1n) is 8.00. The molecule has 7 nitrogen and oxygen atoms in total. The Kier molecular flexibility index (Phi) is 3.87. The maximum absolute atomic E-state index is 13.4. The molecule has 0 saturated carbocycles. The molecule has 0 aliphatic carbocycles. The lowest BCUT2D eigenvalue weighted by Gasteiger charge is -2.16. The maximum Gasteiger partial charge on any atom is 0.277 e. The Hall–Kier alpha value is -2.55. The first-order chi connectivity index (χ1) is 12.0. The lowest BCUT2D eigenvalue weighted by atomic mass is 10.3. The van der Waals surface area contributed by atoms with Gasteiger partial charge in [-0.3, -0.25) is 10.1 Å². The zero-order chi connectivity index (χ0) is 17.6. The molecule has 1 atom stereocenters. The molecule has 0 unspecified atom stereocenters. The molecule has 0 radical (unpaired) electrons. The van der Waals surface area contributed by atoms with E-state index in [-0.39, 0.29) is 5.91 Å². The molecule has 3 aromatic heterocycles. The van der Waals surface area contributed by atoms with Crippen LogP contribution in [0.2, 0.25) is 0 Å². The van der Waals surface area contributed by atoms with E-state index in [0.29, 0.717) is 41.8 Å². The standard InChI is InChI=1S/C16H17FN6OS/c1-9-10(2)25-16(19-9)20-15(24)12-7-18-13-3-4-14(21-23(12)13)22-6-5-11(17)8-22/h3-4,7,11H,5-6,8H2,1-2H3,(H,19,20,24)/t11-/m0/s1. The lowest BCUT2D eigenvalue weighted by molar-refractivity contribution is 0.102. The number of nitrogens with one attached hydrogen (secondary N) is 1. The maximum atomic E-state index is 13.4. The molecule has 1 aliphatic heterocycles. The van der Waals surface area contributed by atoms with Crippen LogP contribution in [0.1, 0.15) is 27.5 Å². The van der Waals surface area contributed by atoms with Crippen molar-refractivity contribution in [1.29, 1.82) is 0 Å². The van der Waals surface area contributed by atoms with Crippen molar-refractivity contribution in [2.24, 2.45) is 0 Å². The third-order valence-electron chi connectivity index (χ3n) is 4.28. The van der Waals surface area contributed by atoms with Crippen LogP contribution >= 0.6 is 11.3 Å². The Morgan fingerprint density at radius 3 is 2.92 bits per heavy atom. The van der Waals surface area contributed by atoms with Crippen molar-refractivity contribution in [3.63, 3.8) is 0 Å². The van der Waals surface area contributed by atoms with Crippen LogP contribution in [0.4, 0.5) is 15.3 Å². The second-order valence-corrected chi connectivity index (χ2v) is 7.25. The zero-order valence-corrected chi connectivity index (χ0v) is 14.7. The van der Waals surface area contributed by atoms with Gasteiger partial charge in [0.2, 0.25) is 0 Å². The van der Waals surface area contributed by atoms with Crippen LogP contribution in [-0.4, -0.2) is 44.8 Å². The normalized spacial score (nSPS) is 17.4. The Morgan fingerprint density at radius 1 is 1.40 bits per heavy atom. The number of alkyl halides is 1. The van der Waals surface area contributed by atoms with Crippen molar-refractivity contribution in [2.75, 3.05) is 23.3 Å². The predicted octanol–water partition coefficient (Wildman–Crippen LogP) is 2.60. The summed E-state index contributed by atoms with van der Waals surface area (Å²) >= 11 is 1.43. The van der Waals surface area contributed by atoms with Crippen molar-refractivity contribution < 1.29 is 9.18 Å². The second kappa shape index (κ2) is 6.07. The highest BCUT2D eigenvalue weighted by molar-refractivity contribution is 7.15. The zero-order valence-electron chi connectivity index (χ0n) is 13.9. The number of imidazole rings is 1. The van der Waals surface area contributed by atoms with Gasteiger partial charge in [-0.2, -0.15) is 0 Å². The molecule has 0 aromatic carbocycles. The van der Waals surface area contributed by atoms with Crippen LogP contribution in [0.15, 0.2) is 18.3 Å². The van der Waals surface area contributed by atoms with Gasteiger partial charge in [0.15, 0.2) is 16.5 Å². The average molecular weight is 360 g/mol. The number of thiazole rings is 1. The van der Waals surface area contributed by atoms with Crippen LogP contribution in [0.5, 0.6) is 0 Å². The van der Waals surface area contributed by atoms with Gasteiger partial charge in [0, 0.05) is 11.4 Å². The number of nitrogens with zero attached hydrogens (tertiary/aromatic N) is 5.